The third-order valence-corrected chi connectivity index (χ3v) is 2.60. The summed E-state index contributed by atoms with van der Waals surface area (Å²) in [4.78, 5) is 10.9. The summed E-state index contributed by atoms with van der Waals surface area (Å²) in [5, 5.41) is 0. The lowest BCUT2D eigenvalue weighted by atomic mass is 10.1. The van der Waals surface area contributed by atoms with Crippen molar-refractivity contribution in [2.24, 2.45) is 0 Å². The molecular formula is C8H4Br2F2O. The lowest BCUT2D eigenvalue weighted by molar-refractivity contribution is 0.108. The van der Waals surface area contributed by atoms with Crippen molar-refractivity contribution in [3.63, 3.8) is 0 Å². The summed E-state index contributed by atoms with van der Waals surface area (Å²) < 4.78 is 24.6. The lowest BCUT2D eigenvalue weighted by Crippen LogP contribution is -1.98. The van der Waals surface area contributed by atoms with Crippen LogP contribution in [-0.2, 0) is 0 Å². The van der Waals surface area contributed by atoms with Crippen molar-refractivity contribution in [2.45, 2.75) is 6.43 Å². The van der Waals surface area contributed by atoms with Crippen LogP contribution in [0.1, 0.15) is 22.3 Å². The van der Waals surface area contributed by atoms with Crippen molar-refractivity contribution in [3.8, 4) is 0 Å². The van der Waals surface area contributed by atoms with Crippen molar-refractivity contribution < 1.29 is 13.6 Å². The van der Waals surface area contributed by atoms with E-state index < -0.39 is 11.1 Å². The summed E-state index contributed by atoms with van der Waals surface area (Å²) in [7, 11) is 0. The second kappa shape index (κ2) is 4.28. The fourth-order valence-electron chi connectivity index (χ4n) is 0.930. The molecule has 0 aliphatic heterocycles. The van der Waals surface area contributed by atoms with Gasteiger partial charge in [0.15, 0.2) is 0 Å². The average Bonchev–Trinajstić information content (AvgIpc) is 2.02. The Morgan fingerprint density at radius 1 is 1.38 bits per heavy atom. The minimum absolute atomic E-state index is 0.00984. The van der Waals surface area contributed by atoms with Crippen LogP contribution < -0.4 is 0 Å². The van der Waals surface area contributed by atoms with E-state index in [2.05, 4.69) is 31.9 Å². The monoisotopic (exact) mass is 312 g/mol. The second-order valence-corrected chi connectivity index (χ2v) is 3.85. The number of benzene rings is 1. The molecule has 0 unspecified atom stereocenters. The van der Waals surface area contributed by atoms with Crippen molar-refractivity contribution in [2.75, 3.05) is 0 Å². The van der Waals surface area contributed by atoms with Gasteiger partial charge in [0.1, 0.15) is 0 Å². The van der Waals surface area contributed by atoms with Crippen LogP contribution in [0.25, 0.3) is 0 Å². The molecule has 1 aromatic carbocycles. The number of halogens is 4. The van der Waals surface area contributed by atoms with Gasteiger partial charge in [-0.1, -0.05) is 22.0 Å². The SMILES string of the molecule is O=C(Br)c1cccc(Br)c1C(F)F. The first-order valence-corrected chi connectivity index (χ1v) is 4.89. The lowest BCUT2D eigenvalue weighted by Gasteiger charge is -2.06. The molecule has 0 aromatic heterocycles. The molecule has 0 bridgehead atoms. The summed E-state index contributed by atoms with van der Waals surface area (Å²) in [6.07, 6.45) is -2.66. The van der Waals surface area contributed by atoms with E-state index in [1.165, 1.54) is 18.2 Å². The number of alkyl halides is 2. The first-order valence-electron chi connectivity index (χ1n) is 3.30. The van der Waals surface area contributed by atoms with Gasteiger partial charge in [0.25, 0.3) is 6.43 Å². The molecule has 0 aliphatic carbocycles. The zero-order valence-electron chi connectivity index (χ0n) is 6.23. The number of rotatable bonds is 2. The zero-order valence-corrected chi connectivity index (χ0v) is 9.40. The Balaban J connectivity index is 3.34. The highest BCUT2D eigenvalue weighted by Crippen LogP contribution is 2.31. The summed E-state index contributed by atoms with van der Waals surface area (Å²) in [5.41, 5.74) is -0.284. The van der Waals surface area contributed by atoms with Gasteiger partial charge < -0.3 is 0 Å². The molecule has 0 saturated carbocycles. The van der Waals surface area contributed by atoms with Crippen LogP contribution in [0.4, 0.5) is 8.78 Å². The molecule has 5 heteroatoms. The Bertz CT molecular complexity index is 339. The molecule has 1 nitrogen and oxygen atoms in total. The van der Waals surface area contributed by atoms with Crippen molar-refractivity contribution in [1.29, 1.82) is 0 Å². The summed E-state index contributed by atoms with van der Waals surface area (Å²) in [5.74, 6) is 0. The van der Waals surface area contributed by atoms with Crippen LogP contribution in [0, 0.1) is 0 Å². The highest BCUT2D eigenvalue weighted by molar-refractivity contribution is 9.18. The molecule has 0 amide bonds. The van der Waals surface area contributed by atoms with Crippen molar-refractivity contribution in [1.82, 2.24) is 0 Å². The van der Waals surface area contributed by atoms with Crippen LogP contribution in [0.15, 0.2) is 22.7 Å². The maximum absolute atomic E-state index is 12.4. The highest BCUT2D eigenvalue weighted by Gasteiger charge is 2.19. The van der Waals surface area contributed by atoms with Crippen molar-refractivity contribution >= 4 is 36.6 Å². The van der Waals surface area contributed by atoms with Gasteiger partial charge in [-0.3, -0.25) is 4.79 Å². The maximum atomic E-state index is 12.4. The van der Waals surface area contributed by atoms with E-state index in [0.717, 1.165) is 0 Å². The molecule has 1 rings (SSSR count). The molecule has 0 spiro atoms. The van der Waals surface area contributed by atoms with E-state index in [1.807, 2.05) is 0 Å². The average molecular weight is 314 g/mol. The van der Waals surface area contributed by atoms with Crippen LogP contribution in [0.2, 0.25) is 0 Å². The molecule has 0 N–H and O–H groups in total. The van der Waals surface area contributed by atoms with Gasteiger partial charge in [-0.05, 0) is 28.1 Å². The van der Waals surface area contributed by atoms with Gasteiger partial charge in [-0.15, -0.1) is 0 Å². The topological polar surface area (TPSA) is 17.1 Å². The van der Waals surface area contributed by atoms with Crippen LogP contribution >= 0.6 is 31.9 Å². The molecule has 0 heterocycles. The third kappa shape index (κ3) is 2.34. The minimum Gasteiger partial charge on any atom is -0.281 e. The Morgan fingerprint density at radius 2 is 2.00 bits per heavy atom. The van der Waals surface area contributed by atoms with Gasteiger partial charge in [0.05, 0.1) is 0 Å². The van der Waals surface area contributed by atoms with E-state index in [1.54, 1.807) is 0 Å². The van der Waals surface area contributed by atoms with Crippen LogP contribution in [0.3, 0.4) is 0 Å². The molecular weight excluding hydrogens is 310 g/mol. The first-order chi connectivity index (χ1) is 6.04. The van der Waals surface area contributed by atoms with Gasteiger partial charge in [0.2, 0.25) is 4.69 Å². The largest absolute Gasteiger partial charge is 0.281 e. The fraction of sp³-hybridized carbons (Fsp3) is 0.125. The predicted octanol–water partition coefficient (Wildman–Crippen LogP) is 3.92. The molecule has 0 aliphatic rings. The fourth-order valence-corrected chi connectivity index (χ4v) is 1.82. The van der Waals surface area contributed by atoms with E-state index in [9.17, 15) is 13.6 Å². The Hall–Kier alpha value is -0.290. The third-order valence-electron chi connectivity index (χ3n) is 1.48. The van der Waals surface area contributed by atoms with Crippen molar-refractivity contribution in [3.05, 3.63) is 33.8 Å². The van der Waals surface area contributed by atoms with E-state index in [0.29, 0.717) is 0 Å². The predicted molar refractivity (Wildman–Crippen MR) is 52.4 cm³/mol. The molecule has 0 radical (unpaired) electrons. The number of carbonyl (C=O) groups excluding carboxylic acids is 1. The summed E-state index contributed by atoms with van der Waals surface area (Å²) in [6.45, 7) is 0. The number of hydrogen-bond donors (Lipinski definition) is 0. The van der Waals surface area contributed by atoms with Gasteiger partial charge in [0, 0.05) is 15.6 Å². The van der Waals surface area contributed by atoms with Gasteiger partial charge in [-0.2, -0.15) is 0 Å². The van der Waals surface area contributed by atoms with Gasteiger partial charge in [-0.25, -0.2) is 8.78 Å². The number of carbonyl (C=O) groups is 1. The Labute approximate surface area is 90.4 Å². The standard InChI is InChI=1S/C8H4Br2F2O/c9-5-3-1-2-4(7(10)13)6(5)8(11)12/h1-3,8H. The molecule has 1 aromatic rings. The molecule has 70 valence electrons. The van der Waals surface area contributed by atoms with E-state index in [4.69, 9.17) is 0 Å². The summed E-state index contributed by atoms with van der Waals surface area (Å²) in [6, 6.07) is 4.36. The maximum Gasteiger partial charge on any atom is 0.265 e. The Kier molecular flexibility index (Phi) is 3.55. The first kappa shape index (κ1) is 10.8. The summed E-state index contributed by atoms with van der Waals surface area (Å²) >= 11 is 5.61. The molecule has 13 heavy (non-hydrogen) atoms. The molecule has 0 atom stereocenters. The number of hydrogen-bond acceptors (Lipinski definition) is 1. The van der Waals surface area contributed by atoms with E-state index in [-0.39, 0.29) is 15.6 Å². The Morgan fingerprint density at radius 3 is 2.38 bits per heavy atom. The van der Waals surface area contributed by atoms with Crippen LogP contribution in [-0.4, -0.2) is 4.69 Å². The molecule has 0 saturated heterocycles. The quantitative estimate of drug-likeness (QED) is 0.756. The molecule has 0 fully saturated rings. The minimum atomic E-state index is -2.66. The van der Waals surface area contributed by atoms with Gasteiger partial charge >= 0.3 is 0 Å². The highest BCUT2D eigenvalue weighted by atomic mass is 79.9. The zero-order chi connectivity index (χ0) is 10.0. The van der Waals surface area contributed by atoms with Crippen LogP contribution in [0.5, 0.6) is 0 Å². The second-order valence-electron chi connectivity index (χ2n) is 2.28. The normalized spacial score (nSPS) is 10.5. The van der Waals surface area contributed by atoms with E-state index >= 15 is 0 Å². The smallest absolute Gasteiger partial charge is 0.265 e.